The Balaban J connectivity index is 1.44. The van der Waals surface area contributed by atoms with E-state index in [-0.39, 0.29) is 11.8 Å². The van der Waals surface area contributed by atoms with Crippen LogP contribution < -0.4 is 10.2 Å². The Bertz CT molecular complexity index is 913. The summed E-state index contributed by atoms with van der Waals surface area (Å²) in [7, 11) is 0. The van der Waals surface area contributed by atoms with Crippen LogP contribution in [0.2, 0.25) is 0 Å². The van der Waals surface area contributed by atoms with Crippen LogP contribution in [0, 0.1) is 0 Å². The van der Waals surface area contributed by atoms with E-state index in [9.17, 15) is 9.59 Å². The van der Waals surface area contributed by atoms with Gasteiger partial charge in [0, 0.05) is 48.0 Å². The van der Waals surface area contributed by atoms with Crippen LogP contribution in [0.3, 0.4) is 0 Å². The fourth-order valence-electron chi connectivity index (χ4n) is 4.01. The molecule has 5 heteroatoms. The van der Waals surface area contributed by atoms with Crippen molar-refractivity contribution in [2.45, 2.75) is 71.1 Å². The molecule has 0 unspecified atom stereocenters. The molecule has 5 nitrogen and oxygen atoms in total. The Hall–Kier alpha value is -2.82. The summed E-state index contributed by atoms with van der Waals surface area (Å²) in [5, 5.41) is 3.01. The van der Waals surface area contributed by atoms with Gasteiger partial charge in [-0.15, -0.1) is 0 Å². The highest BCUT2D eigenvalue weighted by Gasteiger charge is 2.33. The maximum absolute atomic E-state index is 13.3. The molecule has 0 heterocycles. The van der Waals surface area contributed by atoms with Gasteiger partial charge in [-0.1, -0.05) is 12.1 Å². The highest BCUT2D eigenvalue weighted by Crippen LogP contribution is 2.30. The van der Waals surface area contributed by atoms with Crippen LogP contribution in [0.4, 0.5) is 5.69 Å². The molecule has 164 valence electrons. The predicted octanol–water partition coefficient (Wildman–Crippen LogP) is 4.62. The first kappa shape index (κ1) is 21.4. The minimum absolute atomic E-state index is 0.00761. The molecule has 1 N–H and O–H groups in total. The van der Waals surface area contributed by atoms with Crippen LogP contribution in [0.25, 0.3) is 0 Å². The van der Waals surface area contributed by atoms with Crippen LogP contribution in [0.15, 0.2) is 48.5 Å². The SMILES string of the molecule is CCN(c1ccc(C(=O)N(Cc2ccc(C(=O)NC3CC3)cc2)C2CC2)cc1)C(C)C. The van der Waals surface area contributed by atoms with E-state index in [0.717, 1.165) is 49.0 Å². The number of carbonyl (C=O) groups is 2. The highest BCUT2D eigenvalue weighted by molar-refractivity contribution is 5.95. The first-order valence-electron chi connectivity index (χ1n) is 11.5. The average molecular weight is 420 g/mol. The van der Waals surface area contributed by atoms with Gasteiger partial charge >= 0.3 is 0 Å². The van der Waals surface area contributed by atoms with Crippen molar-refractivity contribution in [1.82, 2.24) is 10.2 Å². The van der Waals surface area contributed by atoms with Crippen molar-refractivity contribution >= 4 is 17.5 Å². The van der Waals surface area contributed by atoms with Crippen molar-refractivity contribution in [1.29, 1.82) is 0 Å². The van der Waals surface area contributed by atoms with Gasteiger partial charge in [-0.05, 0) is 88.4 Å². The number of benzene rings is 2. The molecule has 0 aliphatic heterocycles. The first-order chi connectivity index (χ1) is 15.0. The molecule has 2 aromatic carbocycles. The zero-order valence-electron chi connectivity index (χ0n) is 18.8. The highest BCUT2D eigenvalue weighted by atomic mass is 16.2. The van der Waals surface area contributed by atoms with Crippen molar-refractivity contribution in [2.24, 2.45) is 0 Å². The second kappa shape index (κ2) is 9.13. The molecule has 2 aromatic rings. The normalized spacial score (nSPS) is 15.6. The van der Waals surface area contributed by atoms with Crippen molar-refractivity contribution in [3.05, 3.63) is 65.2 Å². The number of nitrogens with one attached hydrogen (secondary N) is 1. The van der Waals surface area contributed by atoms with E-state index < -0.39 is 0 Å². The topological polar surface area (TPSA) is 52.7 Å². The fourth-order valence-corrected chi connectivity index (χ4v) is 4.01. The quantitative estimate of drug-likeness (QED) is 0.645. The van der Waals surface area contributed by atoms with Crippen LogP contribution in [-0.4, -0.2) is 41.4 Å². The van der Waals surface area contributed by atoms with Crippen LogP contribution in [0.1, 0.15) is 72.7 Å². The molecule has 0 spiro atoms. The summed E-state index contributed by atoms with van der Waals surface area (Å²) in [6.45, 7) is 8.02. The number of anilines is 1. The van der Waals surface area contributed by atoms with Crippen LogP contribution in [0.5, 0.6) is 0 Å². The van der Waals surface area contributed by atoms with Gasteiger partial charge in [-0.25, -0.2) is 0 Å². The summed E-state index contributed by atoms with van der Waals surface area (Å²) in [5.41, 5.74) is 3.61. The molecule has 0 saturated heterocycles. The number of amides is 2. The second-order valence-electron chi connectivity index (χ2n) is 9.04. The van der Waals surface area contributed by atoms with E-state index in [0.29, 0.717) is 30.2 Å². The molecular formula is C26H33N3O2. The maximum atomic E-state index is 13.3. The zero-order valence-corrected chi connectivity index (χ0v) is 18.8. The summed E-state index contributed by atoms with van der Waals surface area (Å²) in [5.74, 6) is 0.0731. The van der Waals surface area contributed by atoms with Gasteiger partial charge in [0.1, 0.15) is 0 Å². The van der Waals surface area contributed by atoms with Crippen LogP contribution >= 0.6 is 0 Å². The molecule has 0 aromatic heterocycles. The largest absolute Gasteiger partial charge is 0.369 e. The van der Waals surface area contributed by atoms with Gasteiger partial charge in [0.2, 0.25) is 0 Å². The number of hydrogen-bond donors (Lipinski definition) is 1. The standard InChI is InChI=1S/C26H33N3O2/c1-4-28(18(2)3)23-13-9-21(10-14-23)26(31)29(24-15-16-24)17-19-5-7-20(8-6-19)25(30)27-22-11-12-22/h5-10,13-14,18,22,24H,4,11-12,15-17H2,1-3H3,(H,27,30). The molecule has 2 fully saturated rings. The Morgan fingerprint density at radius 1 is 0.935 bits per heavy atom. The van der Waals surface area contributed by atoms with E-state index in [1.807, 2.05) is 41.3 Å². The summed E-state index contributed by atoms with van der Waals surface area (Å²) in [6.07, 6.45) is 4.28. The van der Waals surface area contributed by atoms with E-state index in [1.54, 1.807) is 0 Å². The monoisotopic (exact) mass is 419 g/mol. The maximum Gasteiger partial charge on any atom is 0.254 e. The molecule has 0 bridgehead atoms. The van der Waals surface area contributed by atoms with Gasteiger partial charge in [-0.3, -0.25) is 9.59 Å². The van der Waals surface area contributed by atoms with Gasteiger partial charge in [-0.2, -0.15) is 0 Å². The molecule has 2 aliphatic rings. The molecule has 31 heavy (non-hydrogen) atoms. The lowest BCUT2D eigenvalue weighted by Crippen LogP contribution is -2.33. The van der Waals surface area contributed by atoms with Gasteiger partial charge in [0.05, 0.1) is 0 Å². The molecule has 0 atom stereocenters. The predicted molar refractivity (Wildman–Crippen MR) is 124 cm³/mol. The van der Waals surface area contributed by atoms with Crippen molar-refractivity contribution in [2.75, 3.05) is 11.4 Å². The first-order valence-corrected chi connectivity index (χ1v) is 11.5. The molecule has 2 saturated carbocycles. The van der Waals surface area contributed by atoms with E-state index >= 15 is 0 Å². The van der Waals surface area contributed by atoms with Crippen molar-refractivity contribution in [3.63, 3.8) is 0 Å². The number of nitrogens with zero attached hydrogens (tertiary/aromatic N) is 2. The number of hydrogen-bond acceptors (Lipinski definition) is 3. The van der Waals surface area contributed by atoms with E-state index in [2.05, 4.69) is 43.1 Å². The fraction of sp³-hybridized carbons (Fsp3) is 0.462. The number of rotatable bonds is 9. The third-order valence-corrected chi connectivity index (χ3v) is 6.14. The van der Waals surface area contributed by atoms with Gasteiger partial charge < -0.3 is 15.1 Å². The minimum Gasteiger partial charge on any atom is -0.369 e. The average Bonchev–Trinajstić information content (AvgIpc) is 3.68. The van der Waals surface area contributed by atoms with Gasteiger partial charge in [0.25, 0.3) is 11.8 Å². The molecule has 4 rings (SSSR count). The lowest BCUT2D eigenvalue weighted by atomic mass is 10.1. The molecular weight excluding hydrogens is 386 g/mol. The molecule has 2 amide bonds. The minimum atomic E-state index is -0.00761. The Kier molecular flexibility index (Phi) is 6.30. The summed E-state index contributed by atoms with van der Waals surface area (Å²) in [4.78, 5) is 29.8. The van der Waals surface area contributed by atoms with E-state index in [4.69, 9.17) is 0 Å². The summed E-state index contributed by atoms with van der Waals surface area (Å²) < 4.78 is 0. The molecule has 2 aliphatic carbocycles. The van der Waals surface area contributed by atoms with Crippen molar-refractivity contribution < 1.29 is 9.59 Å². The van der Waals surface area contributed by atoms with Crippen molar-refractivity contribution in [3.8, 4) is 0 Å². The van der Waals surface area contributed by atoms with Crippen LogP contribution in [-0.2, 0) is 6.54 Å². The third-order valence-electron chi connectivity index (χ3n) is 6.14. The number of carbonyl (C=O) groups excluding carboxylic acids is 2. The second-order valence-corrected chi connectivity index (χ2v) is 9.04. The Morgan fingerprint density at radius 2 is 1.55 bits per heavy atom. The lowest BCUT2D eigenvalue weighted by molar-refractivity contribution is 0.0729. The Morgan fingerprint density at radius 3 is 2.06 bits per heavy atom. The third kappa shape index (κ3) is 5.27. The summed E-state index contributed by atoms with van der Waals surface area (Å²) >= 11 is 0. The summed E-state index contributed by atoms with van der Waals surface area (Å²) in [6, 6.07) is 16.7. The molecule has 0 radical (unpaired) electrons. The lowest BCUT2D eigenvalue weighted by Gasteiger charge is -2.28. The van der Waals surface area contributed by atoms with E-state index in [1.165, 1.54) is 0 Å². The Labute approximate surface area is 185 Å². The zero-order chi connectivity index (χ0) is 22.0. The smallest absolute Gasteiger partial charge is 0.254 e. The van der Waals surface area contributed by atoms with Gasteiger partial charge in [0.15, 0.2) is 0 Å².